The van der Waals surface area contributed by atoms with E-state index in [9.17, 15) is 16.8 Å². The zero-order valence-electron chi connectivity index (χ0n) is 13.0. The molecule has 0 aromatic heterocycles. The maximum Gasteiger partial charge on any atom is 0.501 e. The molecule has 130 valence electrons. The van der Waals surface area contributed by atoms with Gasteiger partial charge in [0.1, 0.15) is 0 Å². The van der Waals surface area contributed by atoms with Crippen LogP contribution in [0.1, 0.15) is 12.5 Å². The predicted octanol–water partition coefficient (Wildman–Crippen LogP) is -0.0313. The van der Waals surface area contributed by atoms with Crippen molar-refractivity contribution in [1.82, 2.24) is 4.72 Å². The summed E-state index contributed by atoms with van der Waals surface area (Å²) in [4.78, 5) is 1.68. The molecule has 2 bridgehead atoms. The molecular weight excluding hydrogens is 346 g/mol. The average Bonchev–Trinajstić information content (AvgIpc) is 2.66. The van der Waals surface area contributed by atoms with Crippen LogP contribution in [0.25, 0.3) is 0 Å². The molecule has 2 heterocycles. The van der Waals surface area contributed by atoms with Crippen molar-refractivity contribution in [2.75, 3.05) is 36.5 Å². The van der Waals surface area contributed by atoms with Gasteiger partial charge in [-0.1, -0.05) is 0 Å². The third-order valence-corrected chi connectivity index (χ3v) is 5.65. The zero-order valence-corrected chi connectivity index (χ0v) is 14.6. The molecule has 0 unspecified atom stereocenters. The Balaban J connectivity index is 2.45. The van der Waals surface area contributed by atoms with Gasteiger partial charge in [-0.25, -0.2) is 13.1 Å². The number of fused-ring (bicyclic) bond motifs is 4. The third-order valence-electron chi connectivity index (χ3n) is 3.55. The molecule has 0 radical (unpaired) electrons. The van der Waals surface area contributed by atoms with Crippen LogP contribution in [0.4, 0.5) is 11.4 Å². The molecule has 0 atom stereocenters. The Morgan fingerprint density at radius 1 is 1.35 bits per heavy atom. The molecular formula is C12H19N3O6S2. The van der Waals surface area contributed by atoms with Gasteiger partial charge in [0.2, 0.25) is 10.0 Å². The molecule has 2 aliphatic rings. The summed E-state index contributed by atoms with van der Waals surface area (Å²) >= 11 is 0. The topological polar surface area (TPSA) is 128 Å². The van der Waals surface area contributed by atoms with E-state index in [2.05, 4.69) is 4.72 Å². The zero-order chi connectivity index (χ0) is 17.4. The first-order valence-corrected chi connectivity index (χ1v) is 9.82. The number of hydrogen-bond donors (Lipinski definition) is 2. The molecule has 11 heteroatoms. The summed E-state index contributed by atoms with van der Waals surface area (Å²) in [5, 5.41) is 0. The third kappa shape index (κ3) is 3.62. The first-order chi connectivity index (χ1) is 10.6. The van der Waals surface area contributed by atoms with Gasteiger partial charge in [-0.2, -0.15) is 0 Å². The highest BCUT2D eigenvalue weighted by Gasteiger charge is 2.31. The van der Waals surface area contributed by atoms with Gasteiger partial charge in [0.25, 0.3) is 0 Å². The first-order valence-electron chi connectivity index (χ1n) is 6.83. The van der Waals surface area contributed by atoms with Gasteiger partial charge in [0.05, 0.1) is 17.1 Å². The van der Waals surface area contributed by atoms with Gasteiger partial charge in [-0.3, -0.25) is 0 Å². The smallest absolute Gasteiger partial charge is 0.395 e. The first kappa shape index (κ1) is 17.6. The maximum absolute atomic E-state index is 11.7. The minimum absolute atomic E-state index is 0.0336. The molecule has 9 nitrogen and oxygen atoms in total. The van der Waals surface area contributed by atoms with Crippen LogP contribution < -0.4 is 23.7 Å². The Hall–Kier alpha value is -1.72. The summed E-state index contributed by atoms with van der Waals surface area (Å²) in [6.07, 6.45) is 0. The molecule has 23 heavy (non-hydrogen) atoms. The average molecular weight is 365 g/mol. The van der Waals surface area contributed by atoms with Crippen LogP contribution in [-0.2, 0) is 20.4 Å². The summed E-state index contributed by atoms with van der Waals surface area (Å²) < 4.78 is 58.6. The van der Waals surface area contributed by atoms with E-state index in [1.807, 2.05) is 6.92 Å². The van der Waals surface area contributed by atoms with E-state index in [-0.39, 0.29) is 29.5 Å². The Morgan fingerprint density at radius 2 is 2.00 bits per heavy atom. The highest BCUT2D eigenvalue weighted by atomic mass is 32.3. The Morgan fingerprint density at radius 3 is 2.57 bits per heavy atom. The Bertz CT molecular complexity index is 820. The van der Waals surface area contributed by atoms with E-state index in [0.717, 1.165) is 0 Å². The summed E-state index contributed by atoms with van der Waals surface area (Å²) in [5.74, 6) is -0.135. The van der Waals surface area contributed by atoms with Crippen LogP contribution in [0.2, 0.25) is 0 Å². The van der Waals surface area contributed by atoms with E-state index >= 15 is 0 Å². The lowest BCUT2D eigenvalue weighted by Gasteiger charge is -2.25. The number of nitrogens with two attached hydrogens (primary N) is 1. The number of anilines is 2. The number of hydrogen-bond acceptors (Lipinski definition) is 8. The molecule has 3 rings (SSSR count). The number of nitrogens with one attached hydrogen (secondary N) is 1. The highest BCUT2D eigenvalue weighted by Crippen LogP contribution is 2.45. The summed E-state index contributed by atoms with van der Waals surface area (Å²) in [6, 6.07) is 1.44. The van der Waals surface area contributed by atoms with Crippen LogP contribution in [-0.4, -0.2) is 42.7 Å². The van der Waals surface area contributed by atoms with Crippen molar-refractivity contribution in [3.05, 3.63) is 11.6 Å². The minimum Gasteiger partial charge on any atom is -0.395 e. The SMILES string of the molecule is CCN(CCS(=O)(=O)NC)c1cc2c(N)c(C)c1OS(=O)(=O)O2. The van der Waals surface area contributed by atoms with Crippen molar-refractivity contribution in [3.63, 3.8) is 0 Å². The summed E-state index contributed by atoms with van der Waals surface area (Å²) in [5.41, 5.74) is 6.85. The van der Waals surface area contributed by atoms with E-state index in [1.165, 1.54) is 13.1 Å². The van der Waals surface area contributed by atoms with Crippen LogP contribution in [0.3, 0.4) is 0 Å². The highest BCUT2D eigenvalue weighted by molar-refractivity contribution is 7.89. The summed E-state index contributed by atoms with van der Waals surface area (Å²) in [6.45, 7) is 4.02. The lowest BCUT2D eigenvalue weighted by atomic mass is 10.1. The van der Waals surface area contributed by atoms with Gasteiger partial charge in [-0.05, 0) is 20.9 Å². The molecule has 0 amide bonds. The molecule has 1 aromatic rings. The molecule has 0 saturated carbocycles. The lowest BCUT2D eigenvalue weighted by Crippen LogP contribution is -2.33. The Labute approximate surface area is 135 Å². The van der Waals surface area contributed by atoms with Crippen molar-refractivity contribution < 1.29 is 25.2 Å². The van der Waals surface area contributed by atoms with E-state index in [0.29, 0.717) is 17.8 Å². The second-order valence-electron chi connectivity index (χ2n) is 4.94. The maximum atomic E-state index is 11.7. The molecule has 0 spiro atoms. The second kappa shape index (κ2) is 6.06. The van der Waals surface area contributed by atoms with Crippen LogP contribution in [0.15, 0.2) is 6.07 Å². The summed E-state index contributed by atoms with van der Waals surface area (Å²) in [7, 11) is -6.31. The van der Waals surface area contributed by atoms with Crippen molar-refractivity contribution in [3.8, 4) is 11.5 Å². The Kier molecular flexibility index (Phi) is 4.64. The van der Waals surface area contributed by atoms with Crippen molar-refractivity contribution in [2.24, 2.45) is 0 Å². The molecule has 3 N–H and O–H groups in total. The normalized spacial score (nSPS) is 15.6. The van der Waals surface area contributed by atoms with Gasteiger partial charge >= 0.3 is 10.4 Å². The minimum atomic E-state index is -4.25. The van der Waals surface area contributed by atoms with Crippen molar-refractivity contribution >= 4 is 31.8 Å². The number of nitrogen functional groups attached to an aromatic ring is 1. The van der Waals surface area contributed by atoms with Gasteiger partial charge in [0, 0.05) is 24.7 Å². The predicted molar refractivity (Wildman–Crippen MR) is 86.5 cm³/mol. The fourth-order valence-corrected chi connectivity index (χ4v) is 3.66. The molecule has 0 aliphatic carbocycles. The fraction of sp³-hybridized carbons (Fsp3) is 0.500. The molecule has 2 aliphatic heterocycles. The van der Waals surface area contributed by atoms with E-state index in [1.54, 1.807) is 11.8 Å². The van der Waals surface area contributed by atoms with Crippen molar-refractivity contribution in [2.45, 2.75) is 13.8 Å². The van der Waals surface area contributed by atoms with Crippen LogP contribution in [0.5, 0.6) is 11.5 Å². The molecule has 0 fully saturated rings. The van der Waals surface area contributed by atoms with E-state index < -0.39 is 20.4 Å². The van der Waals surface area contributed by atoms with Gasteiger partial charge in [-0.15, -0.1) is 8.42 Å². The lowest BCUT2D eigenvalue weighted by molar-refractivity contribution is 0.400. The van der Waals surface area contributed by atoms with Crippen LogP contribution in [0, 0.1) is 6.92 Å². The van der Waals surface area contributed by atoms with Crippen molar-refractivity contribution in [1.29, 1.82) is 0 Å². The monoisotopic (exact) mass is 365 g/mol. The fourth-order valence-electron chi connectivity index (χ4n) is 2.19. The van der Waals surface area contributed by atoms with Crippen LogP contribution >= 0.6 is 0 Å². The largest absolute Gasteiger partial charge is 0.501 e. The molecule has 0 saturated heterocycles. The number of nitrogens with zero attached hydrogens (tertiary/aromatic N) is 1. The van der Waals surface area contributed by atoms with E-state index in [4.69, 9.17) is 14.1 Å². The molecule has 1 aromatic carbocycles. The quantitative estimate of drug-likeness (QED) is 0.673. The number of benzene rings is 1. The van der Waals surface area contributed by atoms with Gasteiger partial charge < -0.3 is 19.0 Å². The standard InChI is InChI=1S/C12H19N3O6S2/c1-4-15(5-6-22(16,17)14-3)9-7-10-11(13)8(2)12(9)21-23(18,19)20-10/h7,14H,4-6,13H2,1-3H3. The second-order valence-corrected chi connectivity index (χ2v) is 8.14. The number of rotatable bonds is 6. The van der Waals surface area contributed by atoms with Gasteiger partial charge in [0.15, 0.2) is 11.5 Å². The number of sulfonamides is 1.